The summed E-state index contributed by atoms with van der Waals surface area (Å²) in [4.78, 5) is 15.1. The molecule has 0 fully saturated rings. The van der Waals surface area contributed by atoms with Crippen molar-refractivity contribution < 1.29 is 4.79 Å². The van der Waals surface area contributed by atoms with Gasteiger partial charge in [0.1, 0.15) is 5.15 Å². The first-order valence-corrected chi connectivity index (χ1v) is 4.41. The van der Waals surface area contributed by atoms with Gasteiger partial charge in [-0.15, -0.1) is 0 Å². The Morgan fingerprint density at radius 2 is 2.36 bits per heavy atom. The lowest BCUT2D eigenvalue weighted by atomic mass is 10.3. The molecule has 1 amide bonds. The maximum Gasteiger partial charge on any atom is 0.252 e. The fourth-order valence-corrected chi connectivity index (χ4v) is 1.63. The first-order chi connectivity index (χ1) is 6.59. The summed E-state index contributed by atoms with van der Waals surface area (Å²) in [5.74, 6) is -0.498. The van der Waals surface area contributed by atoms with Gasteiger partial charge in [-0.25, -0.2) is 4.98 Å². The number of hydrogen-bond donors (Lipinski definition) is 1. The Kier molecular flexibility index (Phi) is 1.93. The Balaban J connectivity index is 2.85. The lowest BCUT2D eigenvalue weighted by molar-refractivity contribution is 0.100. The smallest absolute Gasteiger partial charge is 0.252 e. The number of nitrogens with zero attached hydrogens (tertiary/aromatic N) is 2. The van der Waals surface area contributed by atoms with Crippen LogP contribution in [0.5, 0.6) is 0 Å². The van der Waals surface area contributed by atoms with Crippen molar-refractivity contribution in [2.24, 2.45) is 5.73 Å². The van der Waals surface area contributed by atoms with E-state index in [-0.39, 0.29) is 0 Å². The molecule has 0 radical (unpaired) electrons. The maximum absolute atomic E-state index is 11.0. The highest BCUT2D eigenvalue weighted by atomic mass is 35.5. The van der Waals surface area contributed by atoms with E-state index in [2.05, 4.69) is 4.98 Å². The summed E-state index contributed by atoms with van der Waals surface area (Å²) in [7, 11) is 0. The number of carbonyl (C=O) groups excluding carboxylic acids is 1. The van der Waals surface area contributed by atoms with Crippen molar-refractivity contribution in [3.05, 3.63) is 34.7 Å². The van der Waals surface area contributed by atoms with Gasteiger partial charge in [-0.05, 0) is 19.1 Å². The van der Waals surface area contributed by atoms with E-state index in [0.717, 1.165) is 5.69 Å². The Labute approximate surface area is 85.3 Å². The van der Waals surface area contributed by atoms with Crippen molar-refractivity contribution in [3.8, 4) is 0 Å². The summed E-state index contributed by atoms with van der Waals surface area (Å²) in [6.45, 7) is 1.88. The number of aromatic nitrogens is 2. The third kappa shape index (κ3) is 1.24. The Hall–Kier alpha value is -1.55. The molecule has 0 spiro atoms. The fraction of sp³-hybridized carbons (Fsp3) is 0.111. The predicted molar refractivity (Wildman–Crippen MR) is 53.5 cm³/mol. The Morgan fingerprint density at radius 3 is 3.00 bits per heavy atom. The van der Waals surface area contributed by atoms with Crippen molar-refractivity contribution in [1.82, 2.24) is 9.38 Å². The first-order valence-electron chi connectivity index (χ1n) is 4.03. The van der Waals surface area contributed by atoms with Crippen LogP contribution in [0.25, 0.3) is 5.65 Å². The van der Waals surface area contributed by atoms with E-state index in [1.807, 2.05) is 6.92 Å². The van der Waals surface area contributed by atoms with Crippen molar-refractivity contribution in [1.29, 1.82) is 0 Å². The van der Waals surface area contributed by atoms with Crippen LogP contribution in [0.1, 0.15) is 16.1 Å². The summed E-state index contributed by atoms with van der Waals surface area (Å²) in [6, 6.07) is 3.35. The number of hydrogen-bond acceptors (Lipinski definition) is 2. The molecule has 72 valence electrons. The van der Waals surface area contributed by atoms with E-state index in [0.29, 0.717) is 16.4 Å². The zero-order chi connectivity index (χ0) is 10.3. The van der Waals surface area contributed by atoms with Crippen LogP contribution in [-0.4, -0.2) is 15.3 Å². The van der Waals surface area contributed by atoms with Crippen molar-refractivity contribution in [2.75, 3.05) is 0 Å². The summed E-state index contributed by atoms with van der Waals surface area (Å²) < 4.78 is 1.77. The van der Waals surface area contributed by atoms with Crippen LogP contribution in [0.3, 0.4) is 0 Å². The Bertz CT molecular complexity index is 518. The van der Waals surface area contributed by atoms with Crippen molar-refractivity contribution in [2.45, 2.75) is 6.92 Å². The molecule has 0 saturated heterocycles. The highest BCUT2D eigenvalue weighted by Crippen LogP contribution is 2.16. The first kappa shape index (κ1) is 9.02. The number of halogens is 1. The van der Waals surface area contributed by atoms with Gasteiger partial charge >= 0.3 is 0 Å². The molecule has 2 rings (SSSR count). The third-order valence-electron chi connectivity index (χ3n) is 2.05. The van der Waals surface area contributed by atoms with Crippen molar-refractivity contribution in [3.63, 3.8) is 0 Å². The molecule has 2 aromatic heterocycles. The van der Waals surface area contributed by atoms with E-state index < -0.39 is 5.91 Å². The highest BCUT2D eigenvalue weighted by Gasteiger charge is 2.10. The topological polar surface area (TPSA) is 60.4 Å². The number of nitrogens with two attached hydrogens (primary N) is 1. The molecule has 14 heavy (non-hydrogen) atoms. The van der Waals surface area contributed by atoms with Gasteiger partial charge in [0, 0.05) is 11.9 Å². The molecule has 0 aromatic carbocycles. The SMILES string of the molecule is Cc1cc(Cl)nc2c(C(N)=O)ccn12. The van der Waals surface area contributed by atoms with Gasteiger partial charge in [-0.3, -0.25) is 4.79 Å². The van der Waals surface area contributed by atoms with Crippen LogP contribution >= 0.6 is 11.6 Å². The minimum Gasteiger partial charge on any atom is -0.365 e. The molecule has 0 unspecified atom stereocenters. The zero-order valence-electron chi connectivity index (χ0n) is 7.49. The van der Waals surface area contributed by atoms with Gasteiger partial charge in [-0.1, -0.05) is 11.6 Å². The quantitative estimate of drug-likeness (QED) is 0.722. The molecule has 2 N–H and O–H groups in total. The molecule has 0 saturated carbocycles. The van der Waals surface area contributed by atoms with E-state index in [9.17, 15) is 4.79 Å². The number of amides is 1. The molecule has 5 heteroatoms. The third-order valence-corrected chi connectivity index (χ3v) is 2.24. The second-order valence-electron chi connectivity index (χ2n) is 3.01. The summed E-state index contributed by atoms with van der Waals surface area (Å²) in [5, 5.41) is 0.358. The number of primary amides is 1. The van der Waals surface area contributed by atoms with Crippen LogP contribution < -0.4 is 5.73 Å². The minimum atomic E-state index is -0.498. The predicted octanol–water partition coefficient (Wildman–Crippen LogP) is 1.40. The maximum atomic E-state index is 11.0. The molecule has 0 atom stereocenters. The normalized spacial score (nSPS) is 10.7. The summed E-state index contributed by atoms with van der Waals surface area (Å²) >= 11 is 5.78. The molecule has 0 aliphatic heterocycles. The second kappa shape index (κ2) is 2.99. The standard InChI is InChI=1S/C9H8ClN3O/c1-5-4-7(10)12-9-6(8(11)14)2-3-13(5)9/h2-4H,1H3,(H2,11,14). The van der Waals surface area contributed by atoms with Gasteiger partial charge in [0.2, 0.25) is 0 Å². The molecule has 0 aliphatic carbocycles. The Morgan fingerprint density at radius 1 is 1.64 bits per heavy atom. The van der Waals surface area contributed by atoms with E-state index in [1.165, 1.54) is 0 Å². The minimum absolute atomic E-state index is 0.358. The monoisotopic (exact) mass is 209 g/mol. The second-order valence-corrected chi connectivity index (χ2v) is 3.39. The number of fused-ring (bicyclic) bond motifs is 1. The molecular weight excluding hydrogens is 202 g/mol. The van der Waals surface area contributed by atoms with E-state index in [1.54, 1.807) is 22.7 Å². The van der Waals surface area contributed by atoms with Crippen LogP contribution in [-0.2, 0) is 0 Å². The molecular formula is C9H8ClN3O. The lowest BCUT2D eigenvalue weighted by Gasteiger charge is -2.01. The van der Waals surface area contributed by atoms with Gasteiger partial charge < -0.3 is 10.1 Å². The molecule has 2 heterocycles. The summed E-state index contributed by atoms with van der Waals surface area (Å²) in [5.41, 5.74) is 6.99. The van der Waals surface area contributed by atoms with E-state index in [4.69, 9.17) is 17.3 Å². The zero-order valence-corrected chi connectivity index (χ0v) is 8.25. The van der Waals surface area contributed by atoms with Crippen LogP contribution in [0.2, 0.25) is 5.15 Å². The van der Waals surface area contributed by atoms with Gasteiger partial charge in [-0.2, -0.15) is 0 Å². The number of aryl methyl sites for hydroxylation is 1. The van der Waals surface area contributed by atoms with Crippen LogP contribution in [0.4, 0.5) is 0 Å². The largest absolute Gasteiger partial charge is 0.365 e. The van der Waals surface area contributed by atoms with Crippen LogP contribution in [0, 0.1) is 6.92 Å². The average molecular weight is 210 g/mol. The molecule has 0 aliphatic rings. The van der Waals surface area contributed by atoms with E-state index >= 15 is 0 Å². The number of carbonyl (C=O) groups is 1. The average Bonchev–Trinajstić information content (AvgIpc) is 2.47. The summed E-state index contributed by atoms with van der Waals surface area (Å²) in [6.07, 6.45) is 1.74. The molecule has 0 bridgehead atoms. The molecule has 4 nitrogen and oxygen atoms in total. The lowest BCUT2D eigenvalue weighted by Crippen LogP contribution is -2.11. The van der Waals surface area contributed by atoms with Crippen molar-refractivity contribution >= 4 is 23.2 Å². The molecule has 2 aromatic rings. The van der Waals surface area contributed by atoms with Gasteiger partial charge in [0.15, 0.2) is 5.65 Å². The van der Waals surface area contributed by atoms with Gasteiger partial charge in [0.25, 0.3) is 5.91 Å². The fourth-order valence-electron chi connectivity index (χ4n) is 1.39. The van der Waals surface area contributed by atoms with Gasteiger partial charge in [0.05, 0.1) is 5.56 Å². The highest BCUT2D eigenvalue weighted by molar-refractivity contribution is 6.29. The van der Waals surface area contributed by atoms with Crippen LogP contribution in [0.15, 0.2) is 18.3 Å². The number of rotatable bonds is 1.